The molecule has 52 heavy (non-hydrogen) atoms. The molecule has 0 N–H and O–H groups in total. The van der Waals surface area contributed by atoms with Gasteiger partial charge in [0.05, 0.1) is 40.3 Å². The van der Waals surface area contributed by atoms with Crippen molar-refractivity contribution in [3.05, 3.63) is 68.6 Å². The lowest BCUT2D eigenvalue weighted by Gasteiger charge is -2.62. The summed E-state index contributed by atoms with van der Waals surface area (Å²) < 4.78 is 23.8. The van der Waals surface area contributed by atoms with Crippen LogP contribution < -0.4 is 18.9 Å². The van der Waals surface area contributed by atoms with Gasteiger partial charge < -0.3 is 18.9 Å². The van der Waals surface area contributed by atoms with Gasteiger partial charge >= 0.3 is 0 Å². The zero-order valence-electron chi connectivity index (χ0n) is 32.4. The average Bonchev–Trinajstić information content (AvgIpc) is 3.27. The molecule has 2 aromatic rings. The Balaban J connectivity index is 0.000000162. The first-order chi connectivity index (χ1) is 24.5. The Morgan fingerprint density at radius 2 is 0.865 bits per heavy atom. The lowest BCUT2D eigenvalue weighted by molar-refractivity contribution is -0.124. The third-order valence-electron chi connectivity index (χ3n) is 15.3. The van der Waals surface area contributed by atoms with E-state index in [1.54, 1.807) is 28.4 Å². The van der Waals surface area contributed by atoms with E-state index in [1.165, 1.54) is 25.7 Å². The number of carbonyl (C=O) groups is 2. The SMILES string of the molecule is COc1cc(Br)c([C@@H]2C(=O)[C@H]3C=C[C@]34C(C)(C)CCC[C@]24C)cc1OC.COc1cc(Br)c([C@H]2C(=O)[C@@H]3C=C[C@@]34C(C)(C)CCC[C@@]24C)cc1OC. The highest BCUT2D eigenvalue weighted by Crippen LogP contribution is 2.78. The number of allylic oxidation sites excluding steroid dienone is 4. The predicted octanol–water partition coefficient (Wildman–Crippen LogP) is 11.0. The van der Waals surface area contributed by atoms with Gasteiger partial charge in [0, 0.05) is 31.6 Å². The van der Waals surface area contributed by atoms with Gasteiger partial charge in [-0.3, -0.25) is 9.59 Å². The molecule has 6 aliphatic carbocycles. The van der Waals surface area contributed by atoms with Crippen molar-refractivity contribution in [2.75, 3.05) is 28.4 Å². The number of carbonyl (C=O) groups excluding carboxylic acids is 2. The number of hydrogen-bond donors (Lipinski definition) is 0. The predicted molar refractivity (Wildman–Crippen MR) is 212 cm³/mol. The first-order valence-electron chi connectivity index (χ1n) is 18.8. The number of rotatable bonds is 6. The van der Waals surface area contributed by atoms with E-state index < -0.39 is 0 Å². The van der Waals surface area contributed by atoms with Crippen molar-refractivity contribution < 1.29 is 28.5 Å². The van der Waals surface area contributed by atoms with Crippen molar-refractivity contribution in [1.82, 2.24) is 0 Å². The Morgan fingerprint density at radius 1 is 0.538 bits per heavy atom. The van der Waals surface area contributed by atoms with Crippen molar-refractivity contribution in [1.29, 1.82) is 0 Å². The van der Waals surface area contributed by atoms with E-state index in [-0.39, 0.29) is 56.2 Å². The standard InChI is InChI=1S/2C22H27BrO3/c2*1-20(2)8-6-9-21(3)18(19(24)14-7-10-22(14,20)21)13-11-16(25-4)17(26-5)12-15(13)23/h2*7,10-12,14,18H,6,8-9H2,1-5H3/t2*14-,18-,21-,22-/m10/s1. The highest BCUT2D eigenvalue weighted by molar-refractivity contribution is 9.10. The van der Waals surface area contributed by atoms with E-state index in [2.05, 4.69) is 97.7 Å². The second-order valence-electron chi connectivity index (χ2n) is 17.8. The van der Waals surface area contributed by atoms with Crippen LogP contribution in [0.2, 0.25) is 0 Å². The number of Topliss-reactive ketones (excluding diaryl/α,β-unsaturated/α-hetero) is 2. The molecule has 280 valence electrons. The molecule has 6 nitrogen and oxygen atoms in total. The minimum absolute atomic E-state index is 0.0350. The molecule has 0 heterocycles. The summed E-state index contributed by atoms with van der Waals surface area (Å²) >= 11 is 7.42. The van der Waals surface area contributed by atoms with Gasteiger partial charge in [-0.05, 0) is 82.7 Å². The summed E-state index contributed by atoms with van der Waals surface area (Å²) in [5.74, 6) is 3.25. The van der Waals surface area contributed by atoms with Crippen molar-refractivity contribution in [2.24, 2.45) is 44.3 Å². The van der Waals surface area contributed by atoms with Gasteiger partial charge in [-0.2, -0.15) is 0 Å². The summed E-state index contributed by atoms with van der Waals surface area (Å²) in [5.41, 5.74) is 2.10. The number of ether oxygens (including phenoxy) is 4. The van der Waals surface area contributed by atoms with Gasteiger partial charge in [0.25, 0.3) is 0 Å². The largest absolute Gasteiger partial charge is 0.493 e. The summed E-state index contributed by atoms with van der Waals surface area (Å²) in [6.45, 7) is 14.1. The van der Waals surface area contributed by atoms with Crippen LogP contribution in [0.5, 0.6) is 23.0 Å². The van der Waals surface area contributed by atoms with Gasteiger partial charge in [-0.25, -0.2) is 0 Å². The minimum atomic E-state index is -0.128. The van der Waals surface area contributed by atoms with Crippen LogP contribution in [0.3, 0.4) is 0 Å². The Hall–Kier alpha value is -2.58. The summed E-state index contributed by atoms with van der Waals surface area (Å²) in [4.78, 5) is 27.2. The molecular weight excluding hydrogens is 784 g/mol. The normalized spacial score (nSPS) is 36.9. The number of benzene rings is 2. The highest BCUT2D eigenvalue weighted by atomic mass is 79.9. The van der Waals surface area contributed by atoms with E-state index >= 15 is 0 Å². The maximum Gasteiger partial charge on any atom is 0.161 e. The van der Waals surface area contributed by atoms with E-state index in [0.29, 0.717) is 34.6 Å². The second-order valence-corrected chi connectivity index (χ2v) is 19.6. The van der Waals surface area contributed by atoms with Crippen LogP contribution >= 0.6 is 31.9 Å². The first kappa shape index (κ1) is 37.7. The van der Waals surface area contributed by atoms with Crippen molar-refractivity contribution >= 4 is 43.4 Å². The van der Waals surface area contributed by atoms with Gasteiger partial charge in [0.15, 0.2) is 23.0 Å². The molecule has 6 aliphatic rings. The molecular formula is C44H54Br2O6. The molecule has 0 unspecified atom stereocenters. The molecule has 0 aliphatic heterocycles. The summed E-state index contributed by atoms with van der Waals surface area (Å²) in [5, 5.41) is 0. The zero-order chi connectivity index (χ0) is 37.8. The van der Waals surface area contributed by atoms with Crippen LogP contribution in [-0.4, -0.2) is 40.0 Å². The molecule has 0 radical (unpaired) electrons. The summed E-state index contributed by atoms with van der Waals surface area (Å²) in [7, 11) is 6.55. The Morgan fingerprint density at radius 3 is 1.15 bits per heavy atom. The van der Waals surface area contributed by atoms with E-state index in [1.807, 2.05) is 24.3 Å². The smallest absolute Gasteiger partial charge is 0.161 e. The Labute approximate surface area is 326 Å². The van der Waals surface area contributed by atoms with Crippen molar-refractivity contribution in [3.8, 4) is 23.0 Å². The number of methoxy groups -OCH3 is 4. The van der Waals surface area contributed by atoms with Crippen LogP contribution in [-0.2, 0) is 9.59 Å². The monoisotopic (exact) mass is 836 g/mol. The summed E-state index contributed by atoms with van der Waals surface area (Å²) in [6, 6.07) is 7.85. The Bertz CT molecular complexity index is 1760. The molecule has 8 atom stereocenters. The maximum atomic E-state index is 13.6. The van der Waals surface area contributed by atoms with E-state index in [0.717, 1.165) is 32.9 Å². The minimum Gasteiger partial charge on any atom is -0.493 e. The molecule has 2 aromatic carbocycles. The van der Waals surface area contributed by atoms with Crippen LogP contribution in [0.4, 0.5) is 0 Å². The zero-order valence-corrected chi connectivity index (χ0v) is 35.5. The number of hydrogen-bond acceptors (Lipinski definition) is 6. The van der Waals surface area contributed by atoms with Crippen LogP contribution in [0, 0.1) is 44.3 Å². The third-order valence-corrected chi connectivity index (χ3v) is 16.7. The topological polar surface area (TPSA) is 71.1 Å². The molecule has 8 rings (SSSR count). The van der Waals surface area contributed by atoms with Crippen LogP contribution in [0.15, 0.2) is 57.5 Å². The maximum absolute atomic E-state index is 13.6. The van der Waals surface area contributed by atoms with Gasteiger partial charge in [-0.15, -0.1) is 0 Å². The van der Waals surface area contributed by atoms with Crippen LogP contribution in [0.1, 0.15) is 103 Å². The molecule has 8 heteroatoms. The summed E-state index contributed by atoms with van der Waals surface area (Å²) in [6.07, 6.45) is 15.8. The average molecular weight is 839 g/mol. The fraction of sp³-hybridized carbons (Fsp3) is 0.591. The van der Waals surface area contributed by atoms with E-state index in [4.69, 9.17) is 18.9 Å². The number of halogens is 2. The van der Waals surface area contributed by atoms with Crippen LogP contribution in [0.25, 0.3) is 0 Å². The molecule has 4 fully saturated rings. The quantitative estimate of drug-likeness (QED) is 0.270. The number of ketones is 2. The third kappa shape index (κ3) is 4.58. The fourth-order valence-electron chi connectivity index (χ4n) is 12.9. The van der Waals surface area contributed by atoms with E-state index in [9.17, 15) is 9.59 Å². The fourth-order valence-corrected chi connectivity index (χ4v) is 14.0. The van der Waals surface area contributed by atoms with Crippen molar-refractivity contribution in [3.63, 3.8) is 0 Å². The molecule has 2 spiro atoms. The molecule has 0 bridgehead atoms. The molecule has 0 aromatic heterocycles. The lowest BCUT2D eigenvalue weighted by atomic mass is 9.41. The van der Waals surface area contributed by atoms with Gasteiger partial charge in [0.1, 0.15) is 11.6 Å². The molecule has 0 amide bonds. The molecule has 0 saturated heterocycles. The van der Waals surface area contributed by atoms with Crippen molar-refractivity contribution in [2.45, 2.75) is 91.9 Å². The van der Waals surface area contributed by atoms with Gasteiger partial charge in [0.2, 0.25) is 0 Å². The Kier molecular flexibility index (Phi) is 9.05. The molecule has 4 saturated carbocycles. The van der Waals surface area contributed by atoms with Gasteiger partial charge in [-0.1, -0.05) is 111 Å². The first-order valence-corrected chi connectivity index (χ1v) is 20.3. The second kappa shape index (κ2) is 12.5. The lowest BCUT2D eigenvalue weighted by Crippen LogP contribution is -2.56. The highest BCUT2D eigenvalue weighted by Gasteiger charge is 2.75.